The van der Waals surface area contributed by atoms with E-state index in [0.717, 1.165) is 18.7 Å². The summed E-state index contributed by atoms with van der Waals surface area (Å²) in [6.07, 6.45) is -0.935. The van der Waals surface area contributed by atoms with Gasteiger partial charge < -0.3 is 14.5 Å². The highest BCUT2D eigenvalue weighted by atomic mass is 32.1. The van der Waals surface area contributed by atoms with E-state index in [1.807, 2.05) is 16.8 Å². The van der Waals surface area contributed by atoms with Crippen molar-refractivity contribution in [3.8, 4) is 11.4 Å². The summed E-state index contributed by atoms with van der Waals surface area (Å²) in [7, 11) is 0. The summed E-state index contributed by atoms with van der Waals surface area (Å²) in [5.41, 5.74) is 0.965. The molecule has 1 atom stereocenters. The number of hydrogen-bond donors (Lipinski definition) is 1. The van der Waals surface area contributed by atoms with Crippen LogP contribution >= 0.6 is 11.3 Å². The van der Waals surface area contributed by atoms with Crippen molar-refractivity contribution in [2.45, 2.75) is 19.6 Å². The Morgan fingerprint density at radius 3 is 2.86 bits per heavy atom. The van der Waals surface area contributed by atoms with Gasteiger partial charge in [-0.3, -0.25) is 9.69 Å². The fourth-order valence-electron chi connectivity index (χ4n) is 2.41. The largest absolute Gasteiger partial charge is 0.384 e. The molecule has 1 aliphatic heterocycles. The number of thiophene rings is 1. The van der Waals surface area contributed by atoms with E-state index in [0.29, 0.717) is 31.3 Å². The van der Waals surface area contributed by atoms with Crippen LogP contribution in [0.5, 0.6) is 0 Å². The molecule has 0 saturated carbocycles. The minimum Gasteiger partial charge on any atom is -0.384 e. The Bertz CT molecular complexity index is 618. The van der Waals surface area contributed by atoms with Crippen molar-refractivity contribution in [3.05, 3.63) is 22.7 Å². The lowest BCUT2D eigenvalue weighted by molar-refractivity contribution is -0.141. The molecule has 7 nitrogen and oxygen atoms in total. The fourth-order valence-corrected chi connectivity index (χ4v) is 3.04. The molecule has 0 spiro atoms. The van der Waals surface area contributed by atoms with Gasteiger partial charge in [0, 0.05) is 37.1 Å². The highest BCUT2D eigenvalue weighted by molar-refractivity contribution is 7.08. The first-order valence-electron chi connectivity index (χ1n) is 7.18. The molecule has 0 aromatic carbocycles. The van der Waals surface area contributed by atoms with Gasteiger partial charge in [-0.2, -0.15) is 16.3 Å². The minimum absolute atomic E-state index is 0.211. The normalized spacial score (nSPS) is 17.6. The van der Waals surface area contributed by atoms with Crippen molar-refractivity contribution in [1.29, 1.82) is 0 Å². The molecule has 0 radical (unpaired) electrons. The molecule has 22 heavy (non-hydrogen) atoms. The molecule has 1 unspecified atom stereocenters. The number of aliphatic hydroxyl groups is 1. The van der Waals surface area contributed by atoms with E-state index < -0.39 is 6.10 Å². The quantitative estimate of drug-likeness (QED) is 0.897. The van der Waals surface area contributed by atoms with Crippen LogP contribution in [0.3, 0.4) is 0 Å². The third-order valence-corrected chi connectivity index (χ3v) is 4.33. The summed E-state index contributed by atoms with van der Waals surface area (Å²) in [6.45, 7) is 4.75. The highest BCUT2D eigenvalue weighted by Crippen LogP contribution is 2.19. The lowest BCUT2D eigenvalue weighted by atomic mass is 10.2. The van der Waals surface area contributed by atoms with Gasteiger partial charge >= 0.3 is 0 Å². The SMILES string of the molecule is CC(O)C(=O)N1CCN(Cc2nc(-c3ccsc3)no2)CC1. The molecule has 1 amide bonds. The zero-order valence-electron chi connectivity index (χ0n) is 12.3. The molecule has 1 N–H and O–H groups in total. The Balaban J connectivity index is 1.54. The van der Waals surface area contributed by atoms with Crippen molar-refractivity contribution in [2.24, 2.45) is 0 Å². The molecule has 0 aliphatic carbocycles. The number of hydrogen-bond acceptors (Lipinski definition) is 7. The molecule has 3 rings (SSSR count). The first-order chi connectivity index (χ1) is 10.6. The molecule has 1 fully saturated rings. The summed E-state index contributed by atoms with van der Waals surface area (Å²) in [6, 6.07) is 1.96. The number of rotatable bonds is 4. The number of amides is 1. The summed E-state index contributed by atoms with van der Waals surface area (Å²) in [4.78, 5) is 20.0. The lowest BCUT2D eigenvalue weighted by Crippen LogP contribution is -2.50. The minimum atomic E-state index is -0.935. The van der Waals surface area contributed by atoms with Gasteiger partial charge in [0.1, 0.15) is 6.10 Å². The van der Waals surface area contributed by atoms with Crippen molar-refractivity contribution >= 4 is 17.2 Å². The molecular weight excluding hydrogens is 304 g/mol. The highest BCUT2D eigenvalue weighted by Gasteiger charge is 2.24. The maximum atomic E-state index is 11.7. The zero-order chi connectivity index (χ0) is 15.5. The van der Waals surface area contributed by atoms with E-state index in [-0.39, 0.29) is 5.91 Å². The van der Waals surface area contributed by atoms with Crippen molar-refractivity contribution in [3.63, 3.8) is 0 Å². The Morgan fingerprint density at radius 1 is 1.45 bits per heavy atom. The molecule has 2 aromatic rings. The second-order valence-corrected chi connectivity index (χ2v) is 6.08. The zero-order valence-corrected chi connectivity index (χ0v) is 13.1. The van der Waals surface area contributed by atoms with Crippen molar-refractivity contribution < 1.29 is 14.4 Å². The molecule has 1 saturated heterocycles. The molecule has 1 aliphatic rings. The summed E-state index contributed by atoms with van der Waals surface area (Å²) >= 11 is 1.59. The fraction of sp³-hybridized carbons (Fsp3) is 0.500. The van der Waals surface area contributed by atoms with Crippen LogP contribution in [0, 0.1) is 0 Å². The number of aliphatic hydroxyl groups excluding tert-OH is 1. The number of aromatic nitrogens is 2. The predicted octanol–water partition coefficient (Wildman–Crippen LogP) is 0.823. The van der Waals surface area contributed by atoms with Crippen LogP contribution in [0.25, 0.3) is 11.4 Å². The smallest absolute Gasteiger partial charge is 0.251 e. The van der Waals surface area contributed by atoms with Gasteiger partial charge in [-0.25, -0.2) is 0 Å². The second-order valence-electron chi connectivity index (χ2n) is 5.30. The Labute approximate surface area is 132 Å². The van der Waals surface area contributed by atoms with Crippen LogP contribution in [-0.4, -0.2) is 63.2 Å². The number of carbonyl (C=O) groups is 1. The number of piperazine rings is 1. The number of nitrogens with zero attached hydrogens (tertiary/aromatic N) is 4. The van der Waals surface area contributed by atoms with Crippen LogP contribution in [0.15, 0.2) is 21.3 Å². The lowest BCUT2D eigenvalue weighted by Gasteiger charge is -2.34. The third-order valence-electron chi connectivity index (χ3n) is 3.65. The van der Waals surface area contributed by atoms with Gasteiger partial charge in [0.2, 0.25) is 11.7 Å². The maximum Gasteiger partial charge on any atom is 0.251 e. The topological polar surface area (TPSA) is 82.7 Å². The van der Waals surface area contributed by atoms with Gasteiger partial charge in [0.05, 0.1) is 6.54 Å². The Hall–Kier alpha value is -1.77. The maximum absolute atomic E-state index is 11.7. The van der Waals surface area contributed by atoms with E-state index in [1.54, 1.807) is 16.2 Å². The molecule has 0 bridgehead atoms. The van der Waals surface area contributed by atoms with Gasteiger partial charge in [0.25, 0.3) is 5.91 Å². The Kier molecular flexibility index (Phi) is 4.51. The average Bonchev–Trinajstić information content (AvgIpc) is 3.18. The van der Waals surface area contributed by atoms with E-state index in [1.165, 1.54) is 6.92 Å². The van der Waals surface area contributed by atoms with E-state index in [2.05, 4.69) is 15.0 Å². The van der Waals surface area contributed by atoms with Crippen LogP contribution in [0.2, 0.25) is 0 Å². The van der Waals surface area contributed by atoms with Crippen molar-refractivity contribution in [2.75, 3.05) is 26.2 Å². The van der Waals surface area contributed by atoms with E-state index in [4.69, 9.17) is 4.52 Å². The monoisotopic (exact) mass is 322 g/mol. The summed E-state index contributed by atoms with van der Waals surface area (Å²) in [5.74, 6) is 0.979. The summed E-state index contributed by atoms with van der Waals surface area (Å²) < 4.78 is 5.29. The molecule has 2 aromatic heterocycles. The van der Waals surface area contributed by atoms with Crippen molar-refractivity contribution in [1.82, 2.24) is 19.9 Å². The Morgan fingerprint density at radius 2 is 2.23 bits per heavy atom. The molecule has 8 heteroatoms. The van der Waals surface area contributed by atoms with E-state index in [9.17, 15) is 9.90 Å². The second kappa shape index (κ2) is 6.55. The summed E-state index contributed by atoms with van der Waals surface area (Å²) in [5, 5.41) is 17.3. The van der Waals surface area contributed by atoms with Crippen LogP contribution < -0.4 is 0 Å². The average molecular weight is 322 g/mol. The van der Waals surface area contributed by atoms with Gasteiger partial charge in [-0.15, -0.1) is 0 Å². The van der Waals surface area contributed by atoms with Crippen LogP contribution in [0.4, 0.5) is 0 Å². The molecule has 3 heterocycles. The first-order valence-corrected chi connectivity index (χ1v) is 8.12. The standard InChI is InChI=1S/C14H18N4O3S/c1-10(19)14(20)18-5-3-17(4-6-18)8-12-15-13(16-21-12)11-2-7-22-9-11/h2,7,9-10,19H,3-6,8H2,1H3. The third kappa shape index (κ3) is 3.34. The van der Waals surface area contributed by atoms with Crippen LogP contribution in [-0.2, 0) is 11.3 Å². The van der Waals surface area contributed by atoms with Gasteiger partial charge in [0.15, 0.2) is 0 Å². The number of carbonyl (C=O) groups excluding carboxylic acids is 1. The predicted molar refractivity (Wildman–Crippen MR) is 81.1 cm³/mol. The van der Waals surface area contributed by atoms with Gasteiger partial charge in [-0.05, 0) is 18.4 Å². The molecular formula is C14H18N4O3S. The van der Waals surface area contributed by atoms with Gasteiger partial charge in [-0.1, -0.05) is 5.16 Å². The van der Waals surface area contributed by atoms with Crippen LogP contribution in [0.1, 0.15) is 12.8 Å². The molecule has 118 valence electrons. The first kappa shape index (κ1) is 15.1. The van der Waals surface area contributed by atoms with E-state index >= 15 is 0 Å².